The molecule has 0 radical (unpaired) electrons. The first-order chi connectivity index (χ1) is 9.69. The lowest BCUT2D eigenvalue weighted by Gasteiger charge is -2.36. The number of nitrogens with zero attached hydrogens (tertiary/aromatic N) is 3. The monoisotopic (exact) mass is 412 g/mol. The lowest BCUT2D eigenvalue weighted by molar-refractivity contribution is -0.130. The van der Waals surface area contributed by atoms with E-state index in [4.69, 9.17) is 4.74 Å². The predicted molar refractivity (Wildman–Crippen MR) is 96.3 cm³/mol. The summed E-state index contributed by atoms with van der Waals surface area (Å²) in [5.41, 5.74) is 0. The Labute approximate surface area is 145 Å². The van der Waals surface area contributed by atoms with E-state index in [1.54, 1.807) is 6.92 Å². The van der Waals surface area contributed by atoms with Crippen molar-refractivity contribution in [1.29, 1.82) is 0 Å². The van der Waals surface area contributed by atoms with E-state index in [-0.39, 0.29) is 29.9 Å². The molecule has 1 saturated heterocycles. The molecule has 0 saturated carbocycles. The molecule has 1 rings (SSSR count). The Kier molecular flexibility index (Phi) is 11.7. The summed E-state index contributed by atoms with van der Waals surface area (Å²) in [5.74, 6) is 1.11. The number of piperazine rings is 1. The number of aliphatic imine (C=N–C) groups is 1. The van der Waals surface area contributed by atoms with Crippen molar-refractivity contribution in [3.63, 3.8) is 0 Å². The number of carbonyl (C=O) groups excluding carboxylic acids is 1. The van der Waals surface area contributed by atoms with Gasteiger partial charge < -0.3 is 19.9 Å². The smallest absolute Gasteiger partial charge is 0.219 e. The van der Waals surface area contributed by atoms with Gasteiger partial charge in [0, 0.05) is 59.4 Å². The summed E-state index contributed by atoms with van der Waals surface area (Å²) < 4.78 is 5.31. The molecular formula is C14H29IN4O2. The second-order valence-electron chi connectivity index (χ2n) is 4.78. The van der Waals surface area contributed by atoms with Crippen LogP contribution in [0.5, 0.6) is 0 Å². The minimum atomic E-state index is 0. The predicted octanol–water partition coefficient (Wildman–Crippen LogP) is 1.16. The van der Waals surface area contributed by atoms with E-state index in [2.05, 4.69) is 22.1 Å². The van der Waals surface area contributed by atoms with Crippen molar-refractivity contribution < 1.29 is 9.53 Å². The van der Waals surface area contributed by atoms with E-state index >= 15 is 0 Å². The van der Waals surface area contributed by atoms with Gasteiger partial charge in [-0.3, -0.25) is 9.79 Å². The topological polar surface area (TPSA) is 57.2 Å². The van der Waals surface area contributed by atoms with Gasteiger partial charge in [-0.1, -0.05) is 0 Å². The fourth-order valence-corrected chi connectivity index (χ4v) is 2.15. The summed E-state index contributed by atoms with van der Waals surface area (Å²) in [6.45, 7) is 12.1. The van der Waals surface area contributed by atoms with E-state index in [1.807, 2.05) is 11.8 Å². The lowest BCUT2D eigenvalue weighted by atomic mass is 10.3. The molecule has 0 aromatic rings. The number of carbonyl (C=O) groups is 1. The molecule has 0 spiro atoms. The summed E-state index contributed by atoms with van der Waals surface area (Å²) in [6, 6.07) is 0. The molecular weight excluding hydrogens is 383 g/mol. The summed E-state index contributed by atoms with van der Waals surface area (Å²) in [6.07, 6.45) is 0.941. The highest BCUT2D eigenvalue weighted by molar-refractivity contribution is 14.0. The maximum absolute atomic E-state index is 11.3. The molecule has 0 atom stereocenters. The molecule has 1 aliphatic rings. The Balaban J connectivity index is 0.00000400. The second kappa shape index (κ2) is 12.0. The van der Waals surface area contributed by atoms with Gasteiger partial charge >= 0.3 is 0 Å². The first-order valence-corrected chi connectivity index (χ1v) is 7.55. The number of guanidine groups is 1. The van der Waals surface area contributed by atoms with E-state index in [0.29, 0.717) is 0 Å². The van der Waals surface area contributed by atoms with E-state index in [9.17, 15) is 4.79 Å². The number of halogens is 1. The zero-order chi connectivity index (χ0) is 14.8. The highest BCUT2D eigenvalue weighted by Crippen LogP contribution is 2.03. The van der Waals surface area contributed by atoms with Gasteiger partial charge in [0.15, 0.2) is 5.96 Å². The Hall–Kier alpha value is -0.570. The van der Waals surface area contributed by atoms with Gasteiger partial charge in [0.2, 0.25) is 5.91 Å². The van der Waals surface area contributed by atoms with Crippen LogP contribution >= 0.6 is 24.0 Å². The molecule has 1 fully saturated rings. The molecule has 0 aromatic heterocycles. The van der Waals surface area contributed by atoms with Crippen LogP contribution in [-0.4, -0.2) is 74.1 Å². The van der Waals surface area contributed by atoms with Crippen LogP contribution in [0.3, 0.4) is 0 Å². The average molecular weight is 412 g/mol. The van der Waals surface area contributed by atoms with Crippen LogP contribution in [-0.2, 0) is 9.53 Å². The van der Waals surface area contributed by atoms with E-state index in [0.717, 1.165) is 64.9 Å². The fraction of sp³-hybridized carbons (Fsp3) is 0.857. The molecule has 0 unspecified atom stereocenters. The largest absolute Gasteiger partial charge is 0.382 e. The Bertz CT molecular complexity index is 318. The van der Waals surface area contributed by atoms with Gasteiger partial charge in [0.25, 0.3) is 0 Å². The standard InChI is InChI=1S/C14H28N4O2.HI/c1-4-15-14(16-7-6-12-20-5-2)18-10-8-17(9-11-18)13(3)19;/h4-12H2,1-3H3,(H,15,16);1H. The SMILES string of the molecule is CCNC(=NCCCOCC)N1CCN(C(C)=O)CC1.I. The molecule has 1 amide bonds. The summed E-state index contributed by atoms with van der Waals surface area (Å²) in [5, 5.41) is 3.32. The van der Waals surface area contributed by atoms with Crippen molar-refractivity contribution in [2.75, 3.05) is 52.5 Å². The molecule has 124 valence electrons. The third-order valence-electron chi connectivity index (χ3n) is 3.27. The molecule has 7 heteroatoms. The van der Waals surface area contributed by atoms with Crippen molar-refractivity contribution in [3.8, 4) is 0 Å². The number of hydrogen-bond acceptors (Lipinski definition) is 3. The van der Waals surface area contributed by atoms with Crippen LogP contribution in [0.15, 0.2) is 4.99 Å². The quantitative estimate of drug-likeness (QED) is 0.308. The van der Waals surface area contributed by atoms with Crippen LogP contribution in [0, 0.1) is 0 Å². The third kappa shape index (κ3) is 7.85. The molecule has 6 nitrogen and oxygen atoms in total. The Morgan fingerprint density at radius 1 is 1.19 bits per heavy atom. The summed E-state index contributed by atoms with van der Waals surface area (Å²) >= 11 is 0. The normalized spacial score (nSPS) is 15.7. The van der Waals surface area contributed by atoms with E-state index < -0.39 is 0 Å². The van der Waals surface area contributed by atoms with Crippen molar-refractivity contribution in [2.24, 2.45) is 4.99 Å². The molecule has 1 N–H and O–H groups in total. The average Bonchev–Trinajstić information content (AvgIpc) is 2.46. The van der Waals surface area contributed by atoms with Crippen molar-refractivity contribution in [1.82, 2.24) is 15.1 Å². The number of ether oxygens (including phenoxy) is 1. The highest BCUT2D eigenvalue weighted by Gasteiger charge is 2.20. The maximum atomic E-state index is 11.3. The molecule has 21 heavy (non-hydrogen) atoms. The Morgan fingerprint density at radius 2 is 1.81 bits per heavy atom. The minimum Gasteiger partial charge on any atom is -0.382 e. The fourth-order valence-electron chi connectivity index (χ4n) is 2.15. The van der Waals surface area contributed by atoms with Crippen molar-refractivity contribution >= 4 is 35.8 Å². The number of amides is 1. The minimum absolute atomic E-state index is 0. The van der Waals surface area contributed by atoms with Gasteiger partial charge in [-0.15, -0.1) is 24.0 Å². The zero-order valence-corrected chi connectivity index (χ0v) is 15.8. The maximum Gasteiger partial charge on any atom is 0.219 e. The van der Waals surface area contributed by atoms with Gasteiger partial charge in [-0.2, -0.15) is 0 Å². The van der Waals surface area contributed by atoms with Crippen LogP contribution < -0.4 is 5.32 Å². The second-order valence-corrected chi connectivity index (χ2v) is 4.78. The number of rotatable bonds is 6. The first kappa shape index (κ1) is 20.4. The molecule has 0 aromatic carbocycles. The van der Waals surface area contributed by atoms with Gasteiger partial charge in [-0.05, 0) is 20.3 Å². The summed E-state index contributed by atoms with van der Waals surface area (Å²) in [4.78, 5) is 20.1. The molecule has 0 bridgehead atoms. The zero-order valence-electron chi connectivity index (χ0n) is 13.4. The first-order valence-electron chi connectivity index (χ1n) is 7.55. The van der Waals surface area contributed by atoms with Crippen LogP contribution in [0.25, 0.3) is 0 Å². The Morgan fingerprint density at radius 3 is 2.33 bits per heavy atom. The van der Waals surface area contributed by atoms with Crippen LogP contribution in [0.4, 0.5) is 0 Å². The molecule has 0 aliphatic carbocycles. The lowest BCUT2D eigenvalue weighted by Crippen LogP contribution is -2.53. The molecule has 1 aliphatic heterocycles. The highest BCUT2D eigenvalue weighted by atomic mass is 127. The number of nitrogens with one attached hydrogen (secondary N) is 1. The number of hydrogen-bond donors (Lipinski definition) is 1. The third-order valence-corrected chi connectivity index (χ3v) is 3.27. The summed E-state index contributed by atoms with van der Waals surface area (Å²) in [7, 11) is 0. The van der Waals surface area contributed by atoms with Gasteiger partial charge in [0.1, 0.15) is 0 Å². The van der Waals surface area contributed by atoms with Crippen LogP contribution in [0.2, 0.25) is 0 Å². The van der Waals surface area contributed by atoms with Gasteiger partial charge in [0.05, 0.1) is 0 Å². The molecule has 1 heterocycles. The van der Waals surface area contributed by atoms with Crippen molar-refractivity contribution in [2.45, 2.75) is 27.2 Å². The van der Waals surface area contributed by atoms with Gasteiger partial charge in [-0.25, -0.2) is 0 Å². The van der Waals surface area contributed by atoms with Crippen LogP contribution in [0.1, 0.15) is 27.2 Å². The van der Waals surface area contributed by atoms with E-state index in [1.165, 1.54) is 0 Å². The van der Waals surface area contributed by atoms with Crippen molar-refractivity contribution in [3.05, 3.63) is 0 Å².